The minimum absolute atomic E-state index is 0.647. The molecule has 0 saturated heterocycles. The van der Waals surface area contributed by atoms with Gasteiger partial charge in [-0.25, -0.2) is 0 Å². The molecule has 5 nitrogen and oxygen atoms in total. The fourth-order valence-electron chi connectivity index (χ4n) is 2.08. The number of unbranched alkanes of at least 4 members (excludes halogenated alkanes) is 1. The molecule has 0 saturated carbocycles. The monoisotopic (exact) mass is 333 g/mol. The van der Waals surface area contributed by atoms with Gasteiger partial charge in [-0.05, 0) is 37.1 Å². The molecule has 0 aliphatic rings. The lowest BCUT2D eigenvalue weighted by molar-refractivity contribution is 0.112. The quantitative estimate of drug-likeness (QED) is 0.378. The number of aromatic nitrogens is 3. The molecule has 0 amide bonds. The maximum atomic E-state index is 10.6. The molecular formula is C17H23N3O2S. The van der Waals surface area contributed by atoms with Crippen LogP contribution >= 0.6 is 11.8 Å². The molecule has 2 rings (SSSR count). The molecule has 0 atom stereocenters. The molecule has 0 unspecified atom stereocenters. The van der Waals surface area contributed by atoms with Gasteiger partial charge in [-0.1, -0.05) is 25.1 Å². The highest BCUT2D eigenvalue weighted by molar-refractivity contribution is 7.99. The van der Waals surface area contributed by atoms with E-state index >= 15 is 0 Å². The van der Waals surface area contributed by atoms with Crippen LogP contribution in [0.15, 0.2) is 29.4 Å². The second kappa shape index (κ2) is 9.35. The van der Waals surface area contributed by atoms with Crippen molar-refractivity contribution < 1.29 is 9.53 Å². The van der Waals surface area contributed by atoms with Gasteiger partial charge in [0.15, 0.2) is 5.16 Å². The molecular weight excluding hydrogens is 310 g/mol. The number of rotatable bonds is 10. The summed E-state index contributed by atoms with van der Waals surface area (Å²) in [6.45, 7) is 2.83. The normalized spacial score (nSPS) is 10.7. The summed E-state index contributed by atoms with van der Waals surface area (Å²) in [6, 6.07) is 7.15. The largest absolute Gasteiger partial charge is 0.494 e. The SMILES string of the molecule is CCCCc1nnc(SCCCOc2ccc(C=O)cc2)n1C. The molecule has 0 radical (unpaired) electrons. The van der Waals surface area contributed by atoms with E-state index in [1.165, 1.54) is 6.42 Å². The maximum absolute atomic E-state index is 10.6. The van der Waals surface area contributed by atoms with Gasteiger partial charge in [-0.3, -0.25) is 4.79 Å². The molecule has 124 valence electrons. The third-order valence-corrected chi connectivity index (χ3v) is 4.59. The number of thioether (sulfide) groups is 1. The van der Waals surface area contributed by atoms with Crippen molar-refractivity contribution in [2.24, 2.45) is 7.05 Å². The van der Waals surface area contributed by atoms with Gasteiger partial charge in [0.2, 0.25) is 0 Å². The van der Waals surface area contributed by atoms with E-state index in [4.69, 9.17) is 4.74 Å². The number of carbonyl (C=O) groups is 1. The molecule has 6 heteroatoms. The van der Waals surface area contributed by atoms with Gasteiger partial charge in [0, 0.05) is 24.8 Å². The zero-order chi connectivity index (χ0) is 16.5. The zero-order valence-electron chi connectivity index (χ0n) is 13.7. The van der Waals surface area contributed by atoms with Crippen LogP contribution in [0, 0.1) is 0 Å². The average molecular weight is 333 g/mol. The first-order valence-corrected chi connectivity index (χ1v) is 8.92. The predicted molar refractivity (Wildman–Crippen MR) is 92.3 cm³/mol. The van der Waals surface area contributed by atoms with Gasteiger partial charge in [-0.2, -0.15) is 0 Å². The molecule has 0 N–H and O–H groups in total. The van der Waals surface area contributed by atoms with E-state index in [1.54, 1.807) is 23.9 Å². The lowest BCUT2D eigenvalue weighted by Crippen LogP contribution is -2.01. The van der Waals surface area contributed by atoms with Crippen LogP contribution in [0.2, 0.25) is 0 Å². The number of ether oxygens (including phenoxy) is 1. The van der Waals surface area contributed by atoms with Gasteiger partial charge >= 0.3 is 0 Å². The van der Waals surface area contributed by atoms with Crippen LogP contribution in [-0.2, 0) is 13.5 Å². The van der Waals surface area contributed by atoms with Crippen LogP contribution in [0.4, 0.5) is 0 Å². The standard InChI is InChI=1S/C17H23N3O2S/c1-3-4-6-16-18-19-17(20(16)2)23-12-5-11-22-15-9-7-14(13-21)8-10-15/h7-10,13H,3-6,11-12H2,1-2H3. The first-order chi connectivity index (χ1) is 11.2. The van der Waals surface area contributed by atoms with Crippen LogP contribution in [-0.4, -0.2) is 33.4 Å². The Morgan fingerprint density at radius 2 is 2.00 bits per heavy atom. The van der Waals surface area contributed by atoms with Crippen LogP contribution < -0.4 is 4.74 Å². The predicted octanol–water partition coefficient (Wildman–Crippen LogP) is 3.53. The van der Waals surface area contributed by atoms with Crippen molar-refractivity contribution in [1.82, 2.24) is 14.8 Å². The number of carbonyl (C=O) groups excluding carboxylic acids is 1. The Bertz CT molecular complexity index is 611. The van der Waals surface area contributed by atoms with E-state index < -0.39 is 0 Å². The van der Waals surface area contributed by atoms with E-state index in [0.29, 0.717) is 12.2 Å². The second-order valence-corrected chi connectivity index (χ2v) is 6.36. The van der Waals surface area contributed by atoms with E-state index in [0.717, 1.165) is 48.0 Å². The molecule has 0 fully saturated rings. The lowest BCUT2D eigenvalue weighted by Gasteiger charge is -2.06. The van der Waals surface area contributed by atoms with Crippen LogP contribution in [0.5, 0.6) is 5.75 Å². The van der Waals surface area contributed by atoms with Crippen LogP contribution in [0.1, 0.15) is 42.4 Å². The number of aldehydes is 1. The van der Waals surface area contributed by atoms with Crippen molar-refractivity contribution in [3.05, 3.63) is 35.7 Å². The Kier molecular flexibility index (Phi) is 7.13. The third kappa shape index (κ3) is 5.39. The Balaban J connectivity index is 1.68. The highest BCUT2D eigenvalue weighted by Gasteiger charge is 2.08. The number of aryl methyl sites for hydroxylation is 1. The van der Waals surface area contributed by atoms with Gasteiger partial charge in [0.05, 0.1) is 6.61 Å². The number of benzene rings is 1. The van der Waals surface area contributed by atoms with Gasteiger partial charge in [0.1, 0.15) is 17.9 Å². The van der Waals surface area contributed by atoms with Crippen molar-refractivity contribution in [3.63, 3.8) is 0 Å². The zero-order valence-corrected chi connectivity index (χ0v) is 14.5. The number of hydrogen-bond donors (Lipinski definition) is 0. The van der Waals surface area contributed by atoms with Crippen molar-refractivity contribution in [2.45, 2.75) is 37.8 Å². The molecule has 0 spiro atoms. The van der Waals surface area contributed by atoms with Crippen LogP contribution in [0.25, 0.3) is 0 Å². The fraction of sp³-hybridized carbons (Fsp3) is 0.471. The summed E-state index contributed by atoms with van der Waals surface area (Å²) in [6.07, 6.45) is 5.06. The topological polar surface area (TPSA) is 57.0 Å². The molecule has 0 aliphatic heterocycles. The lowest BCUT2D eigenvalue weighted by atomic mass is 10.2. The summed E-state index contributed by atoms with van der Waals surface area (Å²) >= 11 is 1.71. The summed E-state index contributed by atoms with van der Waals surface area (Å²) in [5.41, 5.74) is 0.661. The minimum Gasteiger partial charge on any atom is -0.494 e. The van der Waals surface area contributed by atoms with Crippen molar-refractivity contribution >= 4 is 18.0 Å². The first kappa shape index (κ1) is 17.5. The summed E-state index contributed by atoms with van der Waals surface area (Å²) < 4.78 is 7.74. The molecule has 1 heterocycles. The van der Waals surface area contributed by atoms with Gasteiger partial charge < -0.3 is 9.30 Å². The maximum Gasteiger partial charge on any atom is 0.190 e. The molecule has 1 aromatic carbocycles. The summed E-state index contributed by atoms with van der Waals surface area (Å²) in [5, 5.41) is 9.46. The molecule has 0 aliphatic carbocycles. The van der Waals surface area contributed by atoms with E-state index in [2.05, 4.69) is 21.7 Å². The number of nitrogens with zero attached hydrogens (tertiary/aromatic N) is 3. The summed E-state index contributed by atoms with van der Waals surface area (Å²) in [4.78, 5) is 10.6. The summed E-state index contributed by atoms with van der Waals surface area (Å²) in [5.74, 6) is 2.79. The Morgan fingerprint density at radius 3 is 2.70 bits per heavy atom. The minimum atomic E-state index is 0.647. The van der Waals surface area contributed by atoms with Gasteiger partial charge in [-0.15, -0.1) is 10.2 Å². The van der Waals surface area contributed by atoms with Crippen molar-refractivity contribution in [2.75, 3.05) is 12.4 Å². The highest BCUT2D eigenvalue weighted by Crippen LogP contribution is 2.18. The van der Waals surface area contributed by atoms with E-state index in [-0.39, 0.29) is 0 Å². The van der Waals surface area contributed by atoms with E-state index in [1.807, 2.05) is 19.2 Å². The second-order valence-electron chi connectivity index (χ2n) is 5.30. The van der Waals surface area contributed by atoms with Crippen LogP contribution in [0.3, 0.4) is 0 Å². The molecule has 1 aromatic heterocycles. The van der Waals surface area contributed by atoms with Crippen molar-refractivity contribution in [1.29, 1.82) is 0 Å². The fourth-order valence-corrected chi connectivity index (χ4v) is 2.92. The Labute approximate surface area is 141 Å². The average Bonchev–Trinajstić information content (AvgIpc) is 2.93. The molecule has 23 heavy (non-hydrogen) atoms. The summed E-state index contributed by atoms with van der Waals surface area (Å²) in [7, 11) is 2.03. The Hall–Kier alpha value is -1.82. The Morgan fingerprint density at radius 1 is 1.22 bits per heavy atom. The van der Waals surface area contributed by atoms with Gasteiger partial charge in [0.25, 0.3) is 0 Å². The highest BCUT2D eigenvalue weighted by atomic mass is 32.2. The molecule has 0 bridgehead atoms. The third-order valence-electron chi connectivity index (χ3n) is 3.48. The number of hydrogen-bond acceptors (Lipinski definition) is 5. The first-order valence-electron chi connectivity index (χ1n) is 7.93. The van der Waals surface area contributed by atoms with Crippen molar-refractivity contribution in [3.8, 4) is 5.75 Å². The smallest absolute Gasteiger partial charge is 0.190 e. The van der Waals surface area contributed by atoms with E-state index in [9.17, 15) is 4.79 Å². The molecule has 2 aromatic rings.